The highest BCUT2D eigenvalue weighted by Gasteiger charge is 2.20. The average molecular weight is 1720 g/mol. The van der Waals surface area contributed by atoms with Crippen LogP contribution in [0.1, 0.15) is 78.5 Å². The fraction of sp³-hybridized carbons (Fsp3) is 0.194. The Morgan fingerprint density at radius 3 is 0.843 bits per heavy atom. The van der Waals surface area contributed by atoms with Gasteiger partial charge >= 0.3 is 0 Å². The van der Waals surface area contributed by atoms with Crippen molar-refractivity contribution >= 4 is 133 Å². The summed E-state index contributed by atoms with van der Waals surface area (Å²) in [5.41, 5.74) is 11.4. The van der Waals surface area contributed by atoms with E-state index in [9.17, 15) is 47.9 Å². The summed E-state index contributed by atoms with van der Waals surface area (Å²) in [7, 11) is 8.04. The first-order valence-corrected chi connectivity index (χ1v) is 40.7. The second-order valence-corrected chi connectivity index (χ2v) is 31.7. The molecule has 0 bridgehead atoms. The Labute approximate surface area is 715 Å². The molecule has 0 N–H and O–H groups in total. The monoisotopic (exact) mass is 1710 g/mol. The molecular weight excluding hydrogens is 1630 g/mol. The number of aromatic nitrogens is 10. The summed E-state index contributed by atoms with van der Waals surface area (Å²) < 4.78 is 7.42. The van der Waals surface area contributed by atoms with Gasteiger partial charge in [0.05, 0.1) is 87.5 Å². The van der Waals surface area contributed by atoms with Gasteiger partial charge in [-0.15, -0.1) is 0 Å². The Hall–Kier alpha value is -13.2. The number of hydrogen-bond donors (Lipinski definition) is 0. The van der Waals surface area contributed by atoms with Gasteiger partial charge in [-0.3, -0.25) is 47.9 Å². The van der Waals surface area contributed by atoms with Crippen LogP contribution >= 0.6 is 39.1 Å². The minimum absolute atomic E-state index is 0.0210. The van der Waals surface area contributed by atoms with Crippen LogP contribution in [0.15, 0.2) is 271 Å². The summed E-state index contributed by atoms with van der Waals surface area (Å²) in [6.45, 7) is 7.88. The van der Waals surface area contributed by atoms with Crippen LogP contribution in [-0.2, 0) is 123 Å². The third-order valence-electron chi connectivity index (χ3n) is 20.6. The summed E-state index contributed by atoms with van der Waals surface area (Å²) in [6.07, 6.45) is 2.64. The highest BCUT2D eigenvalue weighted by molar-refractivity contribution is 9.10. The molecule has 0 saturated carbocycles. The van der Waals surface area contributed by atoms with Gasteiger partial charge in [0.15, 0.2) is 0 Å². The van der Waals surface area contributed by atoms with E-state index in [1.807, 2.05) is 210 Å². The minimum Gasteiger partial charge on any atom is -0.299 e. The molecule has 0 saturated heterocycles. The third kappa shape index (κ3) is 22.0. The van der Waals surface area contributed by atoms with Crippen molar-refractivity contribution in [3.63, 3.8) is 0 Å². The molecule has 121 heavy (non-hydrogen) atoms. The van der Waals surface area contributed by atoms with E-state index >= 15 is 0 Å². The summed E-state index contributed by atoms with van der Waals surface area (Å²) >= 11 is 15.8. The molecule has 610 valence electrons. The smallest absolute Gasteiger partial charge is 0.274 e. The van der Waals surface area contributed by atoms with E-state index in [-0.39, 0.29) is 95.2 Å². The number of fused-ring (bicyclic) bond motifs is 6. The van der Waals surface area contributed by atoms with Crippen molar-refractivity contribution in [1.82, 2.24) is 48.9 Å². The van der Waals surface area contributed by atoms with Gasteiger partial charge in [0, 0.05) is 109 Å². The molecule has 5 aromatic heterocycles. The van der Waals surface area contributed by atoms with Gasteiger partial charge in [-0.1, -0.05) is 244 Å². The predicted molar refractivity (Wildman–Crippen MR) is 483 cm³/mol. The first-order chi connectivity index (χ1) is 58.0. The van der Waals surface area contributed by atoms with Crippen LogP contribution in [0.5, 0.6) is 0 Å². The first kappa shape index (κ1) is 87.1. The molecular formula is C98H87BrCl2N10O10. The predicted octanol–water partition coefficient (Wildman–Crippen LogP) is 15.9. The van der Waals surface area contributed by atoms with Gasteiger partial charge < -0.3 is 0 Å². The Balaban J connectivity index is 0.000000139. The van der Waals surface area contributed by atoms with Crippen LogP contribution in [-0.4, -0.2) is 77.8 Å². The van der Waals surface area contributed by atoms with Gasteiger partial charge in [-0.05, 0) is 126 Å². The van der Waals surface area contributed by atoms with Crippen molar-refractivity contribution in [2.45, 2.75) is 91.9 Å². The molecule has 0 aliphatic carbocycles. The molecule has 11 aromatic carbocycles. The zero-order chi connectivity index (χ0) is 86.3. The summed E-state index contributed by atoms with van der Waals surface area (Å²) in [4.78, 5) is 123. The minimum atomic E-state index is -0.177. The van der Waals surface area contributed by atoms with E-state index in [2.05, 4.69) is 53.6 Å². The molecule has 20 nitrogen and oxygen atoms in total. The summed E-state index contributed by atoms with van der Waals surface area (Å²) in [5.74, 6) is 0.301. The zero-order valence-electron chi connectivity index (χ0n) is 68.4. The van der Waals surface area contributed by atoms with Gasteiger partial charge in [0.25, 0.3) is 27.8 Å². The number of ketones is 5. The number of Topliss-reactive ketones (excluding diaryl/α,β-unsaturated/α-hetero) is 5. The summed E-state index contributed by atoms with van der Waals surface area (Å²) in [6, 6.07) is 75.9. The standard InChI is InChI=1S/C22H18N2O2.C19H17BrN2O2.C19H16Cl2N2O2.2C19H18N2O2/c1-24-22(26)20-9-5-4-8-19(20)21(23-24)14-18(25)13-15-10-11-16-6-2-3-7-17(16)12-15;1-12-7-8-13(17(20)9-12)10-14(23)11-18-15-5-3-4-6-16(15)19(24)22(2)21-18;1-11-16(20)8-12(9-17(11)21)7-13(24)10-18-14-5-3-4-6-15(14)19(25)23(2)22-18;2*1-13-7-9-14(10-8-13)11-15(22)12-18-16-5-3-4-6-17(16)19(23)21(2)20-18/h2-12H,13-14H2,1H3;3-9H,10-11H2,1-2H3;3-6,8-9H,7,10H2,1-2H3;2*3-10H,11-12H2,1-2H3. The lowest BCUT2D eigenvalue weighted by Crippen LogP contribution is -2.22. The maximum Gasteiger partial charge on any atom is 0.274 e. The molecule has 23 heteroatoms. The molecule has 0 atom stereocenters. The highest BCUT2D eigenvalue weighted by Crippen LogP contribution is 2.28. The van der Waals surface area contributed by atoms with Gasteiger partial charge in [-0.2, -0.15) is 25.5 Å². The molecule has 0 radical (unpaired) electrons. The first-order valence-electron chi connectivity index (χ1n) is 39.1. The van der Waals surface area contributed by atoms with Crippen LogP contribution in [0.4, 0.5) is 0 Å². The van der Waals surface area contributed by atoms with Crippen molar-refractivity contribution in [3.05, 3.63) is 387 Å². The van der Waals surface area contributed by atoms with Crippen molar-refractivity contribution in [1.29, 1.82) is 0 Å². The number of benzene rings is 11. The van der Waals surface area contributed by atoms with E-state index in [4.69, 9.17) is 23.2 Å². The molecule has 16 aromatic rings. The van der Waals surface area contributed by atoms with Crippen molar-refractivity contribution < 1.29 is 24.0 Å². The molecule has 0 fully saturated rings. The number of carbonyl (C=O) groups excluding carboxylic acids is 5. The topological polar surface area (TPSA) is 260 Å². The van der Waals surface area contributed by atoms with Crippen LogP contribution in [0.25, 0.3) is 64.6 Å². The fourth-order valence-corrected chi connectivity index (χ4v) is 15.4. The number of carbonyl (C=O) groups is 5. The van der Waals surface area contributed by atoms with E-state index in [1.165, 1.54) is 34.5 Å². The van der Waals surface area contributed by atoms with Gasteiger partial charge in [0.2, 0.25) is 0 Å². The number of nitrogens with zero attached hydrogens (tertiary/aromatic N) is 10. The van der Waals surface area contributed by atoms with E-state index in [0.29, 0.717) is 96.5 Å². The Morgan fingerprint density at radius 2 is 0.529 bits per heavy atom. The van der Waals surface area contributed by atoms with Crippen LogP contribution in [0.2, 0.25) is 10.0 Å². The lowest BCUT2D eigenvalue weighted by Gasteiger charge is -2.09. The molecule has 16 rings (SSSR count). The number of halogens is 3. The molecule has 0 spiro atoms. The molecule has 0 aliphatic heterocycles. The van der Waals surface area contributed by atoms with Crippen molar-refractivity contribution in [3.8, 4) is 0 Å². The quantitative estimate of drug-likeness (QED) is 0.0687. The summed E-state index contributed by atoms with van der Waals surface area (Å²) in [5, 5.41) is 31.5. The van der Waals surface area contributed by atoms with Crippen LogP contribution < -0.4 is 27.8 Å². The van der Waals surface area contributed by atoms with Crippen LogP contribution in [0, 0.1) is 27.7 Å². The number of rotatable bonds is 20. The Morgan fingerprint density at radius 1 is 0.273 bits per heavy atom. The number of hydrogen-bond acceptors (Lipinski definition) is 15. The second kappa shape index (κ2) is 39.6. The maximum atomic E-state index is 12.6. The molecule has 0 unspecified atom stereocenters. The maximum absolute atomic E-state index is 12.6. The van der Waals surface area contributed by atoms with Crippen molar-refractivity contribution in [2.75, 3.05) is 0 Å². The van der Waals surface area contributed by atoms with E-state index in [0.717, 1.165) is 75.7 Å². The third-order valence-corrected chi connectivity index (χ3v) is 22.1. The van der Waals surface area contributed by atoms with E-state index in [1.54, 1.807) is 83.8 Å². The Bertz CT molecular complexity index is 6840. The Kier molecular flexibility index (Phi) is 28.5. The second-order valence-electron chi connectivity index (χ2n) is 30.0. The van der Waals surface area contributed by atoms with Gasteiger partial charge in [0.1, 0.15) is 28.9 Å². The lowest BCUT2D eigenvalue weighted by atomic mass is 10.0. The fourth-order valence-electron chi connectivity index (χ4n) is 14.3. The zero-order valence-corrected chi connectivity index (χ0v) is 71.5. The SMILES string of the molecule is Cc1c(Cl)cc(CC(=O)Cc2nn(C)c(=O)c3ccccc23)cc1Cl.Cc1ccc(CC(=O)Cc2nn(C)c(=O)c3ccccc23)c(Br)c1.Cc1ccc(CC(=O)Cc2nn(C)c(=O)c3ccccc23)cc1.Cc1ccc(CC(=O)Cc2nn(C)c(=O)c3ccccc23)cc1.Cn1nc(CC(=O)Cc2ccc3ccccc3c2)c2ccccc2c1=O. The normalized spacial score (nSPS) is 11.0. The lowest BCUT2D eigenvalue weighted by molar-refractivity contribution is -0.118. The largest absolute Gasteiger partial charge is 0.299 e. The van der Waals surface area contributed by atoms with Crippen molar-refractivity contribution in [2.24, 2.45) is 35.2 Å². The van der Waals surface area contributed by atoms with Crippen LogP contribution in [0.3, 0.4) is 0 Å². The number of aryl methyl sites for hydroxylation is 8. The molecule has 0 amide bonds. The average Bonchev–Trinajstić information content (AvgIpc) is 0.812. The van der Waals surface area contributed by atoms with Gasteiger partial charge in [-0.25, -0.2) is 23.4 Å². The molecule has 0 aliphatic rings. The van der Waals surface area contributed by atoms with E-state index < -0.39 is 0 Å². The molecule has 5 heterocycles. The highest BCUT2D eigenvalue weighted by atomic mass is 79.9.